The highest BCUT2D eigenvalue weighted by Crippen LogP contribution is 2.30. The standard InChI is InChI=1S/C23H25N7O2/c1-2-21(32)29-10-4-6-16(12-29)19-13-30-23(24-14-25-30)22(28-19)26-17-9-8-15-5-3-7-20(31)27-18(15)11-17/h2,8-9,11,13-14,16H,1,3-7,10,12H2,(H,26,28)(H,27,31). The van der Waals surface area contributed by atoms with Gasteiger partial charge in [-0.3, -0.25) is 9.59 Å². The summed E-state index contributed by atoms with van der Waals surface area (Å²) in [5, 5.41) is 10.7. The van der Waals surface area contributed by atoms with E-state index in [2.05, 4.69) is 27.3 Å². The number of aryl methyl sites for hydroxylation is 1. The summed E-state index contributed by atoms with van der Waals surface area (Å²) in [5.41, 5.74) is 4.24. The average molecular weight is 432 g/mol. The third-order valence-corrected chi connectivity index (χ3v) is 6.10. The molecule has 9 heteroatoms. The second-order valence-corrected chi connectivity index (χ2v) is 8.27. The number of nitrogens with zero attached hydrogens (tertiary/aromatic N) is 5. The summed E-state index contributed by atoms with van der Waals surface area (Å²) in [6.45, 7) is 4.94. The highest BCUT2D eigenvalue weighted by molar-refractivity contribution is 5.93. The number of fused-ring (bicyclic) bond motifs is 2. The molecule has 0 spiro atoms. The Morgan fingerprint density at radius 3 is 3.06 bits per heavy atom. The smallest absolute Gasteiger partial charge is 0.245 e. The number of hydrogen-bond donors (Lipinski definition) is 2. The molecular weight excluding hydrogens is 406 g/mol. The van der Waals surface area contributed by atoms with Crippen LogP contribution in [0, 0.1) is 0 Å². The van der Waals surface area contributed by atoms with E-state index in [-0.39, 0.29) is 17.7 Å². The quantitative estimate of drug-likeness (QED) is 0.616. The number of benzene rings is 1. The number of hydrogen-bond acceptors (Lipinski definition) is 6. The summed E-state index contributed by atoms with van der Waals surface area (Å²) < 4.78 is 1.71. The van der Waals surface area contributed by atoms with Crippen molar-refractivity contribution in [1.29, 1.82) is 0 Å². The summed E-state index contributed by atoms with van der Waals surface area (Å²) in [6, 6.07) is 5.96. The fourth-order valence-corrected chi connectivity index (χ4v) is 4.45. The molecule has 0 aliphatic carbocycles. The normalized spacial score (nSPS) is 18.6. The Kier molecular flexibility index (Phi) is 5.30. The molecule has 9 nitrogen and oxygen atoms in total. The van der Waals surface area contributed by atoms with E-state index in [9.17, 15) is 9.59 Å². The van der Waals surface area contributed by atoms with Crippen LogP contribution in [0.25, 0.3) is 5.65 Å². The summed E-state index contributed by atoms with van der Waals surface area (Å²) in [4.78, 5) is 35.1. The highest BCUT2D eigenvalue weighted by atomic mass is 16.2. The molecule has 1 atom stereocenters. The van der Waals surface area contributed by atoms with Crippen LogP contribution in [0.1, 0.15) is 42.9 Å². The van der Waals surface area contributed by atoms with E-state index in [0.717, 1.165) is 54.9 Å². The third kappa shape index (κ3) is 3.93. The number of likely N-dealkylation sites (tertiary alicyclic amines) is 1. The van der Waals surface area contributed by atoms with Crippen molar-refractivity contribution in [2.45, 2.75) is 38.0 Å². The van der Waals surface area contributed by atoms with Crippen LogP contribution in [0.3, 0.4) is 0 Å². The molecule has 2 aromatic heterocycles. The third-order valence-electron chi connectivity index (χ3n) is 6.10. The van der Waals surface area contributed by atoms with Gasteiger partial charge >= 0.3 is 0 Å². The van der Waals surface area contributed by atoms with E-state index in [0.29, 0.717) is 24.4 Å². The van der Waals surface area contributed by atoms with Crippen LogP contribution in [0.5, 0.6) is 0 Å². The van der Waals surface area contributed by atoms with Gasteiger partial charge in [0.2, 0.25) is 11.8 Å². The zero-order chi connectivity index (χ0) is 22.1. The van der Waals surface area contributed by atoms with Crippen molar-refractivity contribution >= 4 is 34.7 Å². The number of rotatable bonds is 4. The predicted octanol–water partition coefficient (Wildman–Crippen LogP) is 3.03. The van der Waals surface area contributed by atoms with Crippen molar-refractivity contribution in [2.24, 2.45) is 0 Å². The fourth-order valence-electron chi connectivity index (χ4n) is 4.45. The van der Waals surface area contributed by atoms with Gasteiger partial charge in [0.15, 0.2) is 11.5 Å². The Balaban J connectivity index is 1.46. The molecule has 1 unspecified atom stereocenters. The first-order valence-electron chi connectivity index (χ1n) is 10.9. The van der Waals surface area contributed by atoms with Gasteiger partial charge in [-0.2, -0.15) is 5.10 Å². The number of carbonyl (C=O) groups is 2. The minimum absolute atomic E-state index is 0.0387. The Labute approximate surface area is 185 Å². The van der Waals surface area contributed by atoms with Gasteiger partial charge in [-0.25, -0.2) is 14.5 Å². The predicted molar refractivity (Wildman–Crippen MR) is 121 cm³/mol. The first-order valence-corrected chi connectivity index (χ1v) is 10.9. The van der Waals surface area contributed by atoms with Gasteiger partial charge in [-0.05, 0) is 49.5 Å². The maximum Gasteiger partial charge on any atom is 0.245 e. The van der Waals surface area contributed by atoms with Gasteiger partial charge < -0.3 is 15.5 Å². The topological polar surface area (TPSA) is 105 Å². The van der Waals surface area contributed by atoms with Crippen LogP contribution in [0.4, 0.5) is 17.2 Å². The second kappa shape index (κ2) is 8.41. The number of anilines is 3. The van der Waals surface area contributed by atoms with Gasteiger partial charge in [0.05, 0.1) is 11.9 Å². The lowest BCUT2D eigenvalue weighted by molar-refractivity contribution is -0.127. The Bertz CT molecular complexity index is 1200. The van der Waals surface area contributed by atoms with E-state index in [1.54, 1.807) is 4.52 Å². The number of nitrogens with one attached hydrogen (secondary N) is 2. The summed E-state index contributed by atoms with van der Waals surface area (Å²) in [6.07, 6.45) is 8.86. The van der Waals surface area contributed by atoms with E-state index in [1.165, 1.54) is 12.4 Å². The molecular formula is C23H25N7O2. The van der Waals surface area contributed by atoms with Crippen molar-refractivity contribution in [3.05, 3.63) is 54.6 Å². The van der Waals surface area contributed by atoms with Gasteiger partial charge in [0, 0.05) is 36.8 Å². The maximum absolute atomic E-state index is 12.1. The van der Waals surface area contributed by atoms with Crippen molar-refractivity contribution in [3.8, 4) is 0 Å². The Hall–Kier alpha value is -3.75. The van der Waals surface area contributed by atoms with E-state index in [1.807, 2.05) is 29.3 Å². The lowest BCUT2D eigenvalue weighted by Crippen LogP contribution is -2.38. The summed E-state index contributed by atoms with van der Waals surface area (Å²) >= 11 is 0. The minimum Gasteiger partial charge on any atom is -0.339 e. The van der Waals surface area contributed by atoms with Crippen LogP contribution < -0.4 is 10.6 Å². The van der Waals surface area contributed by atoms with E-state index in [4.69, 9.17) is 4.98 Å². The SMILES string of the molecule is C=CC(=O)N1CCCC(c2cn3ncnc3c(Nc3ccc4c(c3)NC(=O)CCC4)n2)C1. The summed E-state index contributed by atoms with van der Waals surface area (Å²) in [7, 11) is 0. The molecule has 0 bridgehead atoms. The van der Waals surface area contributed by atoms with Crippen LogP contribution in [0.15, 0.2) is 43.4 Å². The molecule has 2 N–H and O–H groups in total. The lowest BCUT2D eigenvalue weighted by Gasteiger charge is -2.31. The van der Waals surface area contributed by atoms with E-state index >= 15 is 0 Å². The number of piperidine rings is 1. The Morgan fingerprint density at radius 1 is 1.28 bits per heavy atom. The van der Waals surface area contributed by atoms with Crippen molar-refractivity contribution in [2.75, 3.05) is 23.7 Å². The molecule has 164 valence electrons. The fraction of sp³-hybridized carbons (Fsp3) is 0.348. The van der Waals surface area contributed by atoms with Crippen LogP contribution in [-0.2, 0) is 16.0 Å². The molecule has 2 aliphatic rings. The molecule has 1 aromatic carbocycles. The van der Waals surface area contributed by atoms with Gasteiger partial charge in [-0.1, -0.05) is 12.6 Å². The minimum atomic E-state index is -0.0538. The lowest BCUT2D eigenvalue weighted by atomic mass is 9.95. The molecule has 0 saturated carbocycles. The largest absolute Gasteiger partial charge is 0.339 e. The monoisotopic (exact) mass is 431 g/mol. The molecule has 1 saturated heterocycles. The van der Waals surface area contributed by atoms with Crippen molar-refractivity contribution in [1.82, 2.24) is 24.5 Å². The molecule has 2 aliphatic heterocycles. The van der Waals surface area contributed by atoms with Crippen LogP contribution >= 0.6 is 0 Å². The van der Waals surface area contributed by atoms with Crippen LogP contribution in [-0.4, -0.2) is 49.4 Å². The first kappa shape index (κ1) is 20.2. The molecule has 3 aromatic rings. The van der Waals surface area contributed by atoms with Gasteiger partial charge in [0.1, 0.15) is 6.33 Å². The maximum atomic E-state index is 12.1. The van der Waals surface area contributed by atoms with Crippen molar-refractivity contribution < 1.29 is 9.59 Å². The van der Waals surface area contributed by atoms with Gasteiger partial charge in [-0.15, -0.1) is 0 Å². The molecule has 32 heavy (non-hydrogen) atoms. The zero-order valence-corrected chi connectivity index (χ0v) is 17.8. The zero-order valence-electron chi connectivity index (χ0n) is 17.8. The second-order valence-electron chi connectivity index (χ2n) is 8.27. The van der Waals surface area contributed by atoms with Gasteiger partial charge in [0.25, 0.3) is 0 Å². The first-order chi connectivity index (χ1) is 15.6. The van der Waals surface area contributed by atoms with Crippen molar-refractivity contribution in [3.63, 3.8) is 0 Å². The van der Waals surface area contributed by atoms with E-state index < -0.39 is 0 Å². The molecule has 0 radical (unpaired) electrons. The molecule has 4 heterocycles. The molecule has 2 amide bonds. The number of amides is 2. The number of aromatic nitrogens is 4. The Morgan fingerprint density at radius 2 is 2.19 bits per heavy atom. The molecule has 1 fully saturated rings. The summed E-state index contributed by atoms with van der Waals surface area (Å²) in [5.74, 6) is 0.680. The number of carbonyl (C=O) groups excluding carboxylic acids is 2. The molecule has 5 rings (SSSR count). The van der Waals surface area contributed by atoms with Crippen LogP contribution in [0.2, 0.25) is 0 Å². The average Bonchev–Trinajstić information content (AvgIpc) is 3.21. The highest BCUT2D eigenvalue weighted by Gasteiger charge is 2.26.